The number of fused-ring (bicyclic) bond motifs is 2. The summed E-state index contributed by atoms with van der Waals surface area (Å²) in [5, 5.41) is 59.8. The highest BCUT2D eigenvalue weighted by molar-refractivity contribution is 8.76. The number of aliphatic hydroxyl groups excluding tert-OH is 1. The van der Waals surface area contributed by atoms with Crippen molar-refractivity contribution in [2.75, 3.05) is 18.1 Å². The largest absolute Gasteiger partial charge is 0.481 e. The minimum atomic E-state index is -1.86. The van der Waals surface area contributed by atoms with E-state index < -0.39 is 175 Å². The van der Waals surface area contributed by atoms with Crippen LogP contribution in [0.3, 0.4) is 0 Å². The van der Waals surface area contributed by atoms with Crippen molar-refractivity contribution in [1.82, 2.24) is 78.4 Å². The lowest BCUT2D eigenvalue weighted by Gasteiger charge is -2.29. The number of aromatic nitrogens is 4. The fourth-order valence-electron chi connectivity index (χ4n) is 10.7. The van der Waals surface area contributed by atoms with E-state index >= 15 is 0 Å². The Morgan fingerprint density at radius 2 is 1.07 bits per heavy atom. The zero-order valence-corrected chi connectivity index (χ0v) is 57.8. The van der Waals surface area contributed by atoms with Crippen LogP contribution in [0.15, 0.2) is 73.4 Å². The molecule has 12 atom stereocenters. The fraction of sp³-hybridized carbons (Fsp3) is 0.508. The number of aliphatic carboxylic acids is 2. The van der Waals surface area contributed by atoms with Crippen molar-refractivity contribution in [1.29, 1.82) is 0 Å². The zero-order valence-electron chi connectivity index (χ0n) is 56.1. The highest BCUT2D eigenvalue weighted by atomic mass is 33.1. The number of nitrogens with one attached hydrogen (secondary N) is 14. The summed E-state index contributed by atoms with van der Waals surface area (Å²) < 4.78 is 0. The normalized spacial score (nSPS) is 23.9. The molecular formula is C65H90N16O16S2. The number of amides is 11. The van der Waals surface area contributed by atoms with Crippen LogP contribution in [0, 0.1) is 17.8 Å². The van der Waals surface area contributed by atoms with Crippen molar-refractivity contribution >= 4 is 120 Å². The molecule has 11 amide bonds. The van der Waals surface area contributed by atoms with Gasteiger partial charge in [0.2, 0.25) is 65.0 Å². The molecular weight excluding hydrogens is 1320 g/mol. The number of carboxylic acid groups (broad SMARTS) is 2. The number of para-hydroxylation sites is 2. The lowest BCUT2D eigenvalue weighted by molar-refractivity contribution is -0.145. The summed E-state index contributed by atoms with van der Waals surface area (Å²) in [6, 6.07) is -2.27. The Morgan fingerprint density at radius 3 is 1.60 bits per heavy atom. The van der Waals surface area contributed by atoms with E-state index in [2.05, 4.69) is 78.4 Å². The molecule has 1 aliphatic rings. The van der Waals surface area contributed by atoms with E-state index in [1.165, 1.54) is 19.4 Å². The molecule has 0 saturated carbocycles. The number of nitrogens with zero attached hydrogens (tertiary/aromatic N) is 1. The number of hydrogen-bond donors (Lipinski definition) is 18. The number of carbonyl (C=O) groups is 13. The molecule has 0 radical (unpaired) electrons. The smallest absolute Gasteiger partial charge is 0.328 e. The van der Waals surface area contributed by atoms with Crippen LogP contribution in [-0.2, 0) is 81.6 Å². The van der Waals surface area contributed by atoms with Crippen molar-refractivity contribution in [3.63, 3.8) is 0 Å². The third-order valence-corrected chi connectivity index (χ3v) is 18.5. The molecule has 99 heavy (non-hydrogen) atoms. The van der Waals surface area contributed by atoms with E-state index in [4.69, 9.17) is 5.73 Å². The number of aliphatic hydroxyl groups is 1. The number of H-pyrrole nitrogens is 3. The van der Waals surface area contributed by atoms with E-state index in [0.717, 1.165) is 28.5 Å². The number of nitrogens with two attached hydrogens (primary N) is 1. The minimum Gasteiger partial charge on any atom is -0.481 e. The molecule has 34 heteroatoms. The first-order valence-electron chi connectivity index (χ1n) is 32.4. The first-order valence-corrected chi connectivity index (χ1v) is 34.9. The SMILES string of the molecule is CC(C)C[C@@H]1NC(=O)[C@H](Cc2cnc[nH]2)NC(=O)[C@H](Cc2c[nH]c3ccccc23)NC(=O)[C@H](C)NC(=O)[C@@H](N)CSSC[C@@H](C(=O)N[C@H](C(=O)O)[C@@H](C)O)NC(=O)[C@H](Cc2c[nH]c3ccccc23)NC(=O)[C@H](C(C)C)NC(=O)[C@H](CC(C)C)NC(=O)[C@H](CCC(=O)O)NC(=O)CNC1=O. The molecule has 0 spiro atoms. The summed E-state index contributed by atoms with van der Waals surface area (Å²) in [4.78, 5) is 195. The van der Waals surface area contributed by atoms with Crippen LogP contribution in [-0.4, -0.2) is 203 Å². The third-order valence-electron chi connectivity index (χ3n) is 16.1. The van der Waals surface area contributed by atoms with Crippen molar-refractivity contribution in [3.8, 4) is 0 Å². The van der Waals surface area contributed by atoms with Gasteiger partial charge in [0.15, 0.2) is 6.04 Å². The Labute approximate surface area is 578 Å². The number of hydrogen-bond acceptors (Lipinski definition) is 18. The molecule has 1 fully saturated rings. The van der Waals surface area contributed by atoms with Gasteiger partial charge in [-0.25, -0.2) is 9.78 Å². The molecule has 5 aromatic rings. The molecule has 0 unspecified atom stereocenters. The topological polar surface area (TPSA) is 501 Å². The second kappa shape index (κ2) is 37.4. The predicted octanol–water partition coefficient (Wildman–Crippen LogP) is -0.815. The van der Waals surface area contributed by atoms with E-state index in [1.54, 1.807) is 102 Å². The summed E-state index contributed by atoms with van der Waals surface area (Å²) in [6.45, 7) is 11.8. The van der Waals surface area contributed by atoms with E-state index in [9.17, 15) is 77.6 Å². The minimum absolute atomic E-state index is 0.00155. The van der Waals surface area contributed by atoms with Gasteiger partial charge in [0.05, 0.1) is 25.0 Å². The molecule has 6 rings (SSSR count). The Hall–Kier alpha value is -9.54. The van der Waals surface area contributed by atoms with Crippen molar-refractivity contribution < 1.29 is 77.6 Å². The lowest BCUT2D eigenvalue weighted by Crippen LogP contribution is -2.61. The molecule has 19 N–H and O–H groups in total. The van der Waals surface area contributed by atoms with Crippen molar-refractivity contribution in [2.24, 2.45) is 23.5 Å². The van der Waals surface area contributed by atoms with Gasteiger partial charge in [0.1, 0.15) is 54.4 Å². The van der Waals surface area contributed by atoms with Crippen LogP contribution in [0.1, 0.15) is 97.9 Å². The highest BCUT2D eigenvalue weighted by Gasteiger charge is 2.38. The molecule has 0 aliphatic carbocycles. The van der Waals surface area contributed by atoms with Gasteiger partial charge in [0.25, 0.3) is 0 Å². The van der Waals surface area contributed by atoms with Gasteiger partial charge < -0.3 is 94.5 Å². The average Bonchev–Trinajstić information content (AvgIpc) is 1.71. The maximum atomic E-state index is 14.8. The Bertz CT molecular complexity index is 3670. The molecule has 3 aromatic heterocycles. The predicted molar refractivity (Wildman–Crippen MR) is 367 cm³/mol. The first-order chi connectivity index (χ1) is 46.9. The quantitative estimate of drug-likeness (QED) is 0.0477. The van der Waals surface area contributed by atoms with Gasteiger partial charge in [-0.2, -0.15) is 0 Å². The van der Waals surface area contributed by atoms with Crippen LogP contribution in [0.25, 0.3) is 21.8 Å². The summed E-state index contributed by atoms with van der Waals surface area (Å²) >= 11 is 0. The summed E-state index contributed by atoms with van der Waals surface area (Å²) in [5.74, 6) is -14.9. The highest BCUT2D eigenvalue weighted by Crippen LogP contribution is 2.25. The number of carbonyl (C=O) groups excluding carboxylic acids is 11. The summed E-state index contributed by atoms with van der Waals surface area (Å²) in [5.41, 5.74) is 9.21. The summed E-state index contributed by atoms with van der Waals surface area (Å²) in [7, 11) is 1.87. The molecule has 32 nitrogen and oxygen atoms in total. The van der Waals surface area contributed by atoms with Gasteiger partial charge in [-0.3, -0.25) is 57.5 Å². The van der Waals surface area contributed by atoms with Gasteiger partial charge in [-0.05, 0) is 74.1 Å². The van der Waals surface area contributed by atoms with E-state index in [0.29, 0.717) is 38.6 Å². The monoisotopic (exact) mass is 1410 g/mol. The average molecular weight is 1420 g/mol. The van der Waals surface area contributed by atoms with Gasteiger partial charge in [-0.15, -0.1) is 0 Å². The molecule has 1 aliphatic heterocycles. The number of imidazole rings is 1. The van der Waals surface area contributed by atoms with Crippen LogP contribution < -0.4 is 64.2 Å². The Kier molecular flexibility index (Phi) is 29.7. The standard InChI is InChI=1S/C65H90N16O16S2/c1-31(2)19-45-57(88)70-27-51(83)73-44(17-18-52(84)85)58(89)76-46(20-32(3)4)62(93)80-53(33(5)6)64(95)78-48(22-37-25-69-43-16-12-10-14-40(37)43)60(91)79-50(63(94)81-54(35(8)82)65(96)97)29-99-98-28-41(66)56(87)72-34(7)55(86)74-47(21-36-24-68-42-15-11-9-13-39(36)42)59(90)77-49(61(92)75-45)23-38-26-67-30-71-38/h9-16,24-26,30-35,41,44-50,53-54,68-69,82H,17-23,27-29,66H2,1-8H3,(H,67,71)(H,70,88)(H,72,87)(H,73,83)(H,74,86)(H,75,92)(H,76,89)(H,77,90)(H,78,95)(H,79,91)(H,80,93)(H,81,94)(H,84,85)(H,96,97)/t34-,35+,41-,44-,45-,46-,47-,48-,49-,50-,53-,54-/m0/s1. The second-order valence-corrected chi connectivity index (χ2v) is 28.1. The third kappa shape index (κ3) is 23.9. The molecule has 0 bridgehead atoms. The molecule has 1 saturated heterocycles. The lowest BCUT2D eigenvalue weighted by atomic mass is 9.98. The van der Waals surface area contributed by atoms with Crippen molar-refractivity contribution in [2.45, 2.75) is 173 Å². The first kappa shape index (κ1) is 78.5. The van der Waals surface area contributed by atoms with Crippen LogP contribution in [0.2, 0.25) is 0 Å². The molecule has 4 heterocycles. The van der Waals surface area contributed by atoms with Crippen molar-refractivity contribution in [3.05, 3.63) is 90.3 Å². The van der Waals surface area contributed by atoms with Crippen LogP contribution in [0.4, 0.5) is 0 Å². The van der Waals surface area contributed by atoms with Crippen LogP contribution >= 0.6 is 21.6 Å². The molecule has 538 valence electrons. The number of benzene rings is 2. The Balaban J connectivity index is 1.37. The van der Waals surface area contributed by atoms with E-state index in [-0.39, 0.29) is 55.4 Å². The van der Waals surface area contributed by atoms with Gasteiger partial charge in [0, 0.05) is 83.3 Å². The maximum Gasteiger partial charge on any atom is 0.328 e. The van der Waals surface area contributed by atoms with Gasteiger partial charge in [-0.1, -0.05) is 99.5 Å². The van der Waals surface area contributed by atoms with Crippen LogP contribution in [0.5, 0.6) is 0 Å². The van der Waals surface area contributed by atoms with Gasteiger partial charge >= 0.3 is 11.9 Å². The Morgan fingerprint density at radius 1 is 0.576 bits per heavy atom. The summed E-state index contributed by atoms with van der Waals surface area (Å²) in [6.07, 6.45) is 2.55. The maximum absolute atomic E-state index is 14.8. The number of aromatic amines is 3. The second-order valence-electron chi connectivity index (χ2n) is 25.5. The number of rotatable bonds is 18. The molecule has 2 aromatic carbocycles. The number of carboxylic acids is 2. The van der Waals surface area contributed by atoms with E-state index in [1.807, 2.05) is 0 Å². The fourth-order valence-corrected chi connectivity index (χ4v) is 13.0. The zero-order chi connectivity index (χ0) is 72.8.